The molecule has 110 valence electrons. The fourth-order valence-electron chi connectivity index (χ4n) is 2.61. The molecule has 1 heterocycles. The second kappa shape index (κ2) is 7.29. The molecule has 1 aliphatic rings. The van der Waals surface area contributed by atoms with E-state index in [1.54, 1.807) is 0 Å². The van der Waals surface area contributed by atoms with Crippen LogP contribution >= 0.6 is 0 Å². The highest BCUT2D eigenvalue weighted by atomic mass is 16.5. The van der Waals surface area contributed by atoms with Gasteiger partial charge in [0, 0.05) is 19.1 Å². The van der Waals surface area contributed by atoms with Crippen molar-refractivity contribution in [1.29, 1.82) is 0 Å². The van der Waals surface area contributed by atoms with E-state index in [0.717, 1.165) is 31.7 Å². The maximum absolute atomic E-state index is 12.1. The number of para-hydroxylation sites is 1. The maximum atomic E-state index is 12.1. The van der Waals surface area contributed by atoms with Gasteiger partial charge in [-0.3, -0.25) is 4.79 Å². The molecule has 1 atom stereocenters. The quantitative estimate of drug-likeness (QED) is 0.895. The first-order valence-electron chi connectivity index (χ1n) is 7.38. The normalized spacial score (nSPS) is 17.8. The zero-order valence-corrected chi connectivity index (χ0v) is 12.1. The molecule has 1 aromatic rings. The van der Waals surface area contributed by atoms with Gasteiger partial charge in [0.15, 0.2) is 0 Å². The summed E-state index contributed by atoms with van der Waals surface area (Å²) in [4.78, 5) is 14.0. The third kappa shape index (κ3) is 4.23. The standard InChI is InChI=1S/C16H24N2O2/c1-13(17)14-7-10-18(11-8-14)16(19)9-12-20-15-5-3-2-4-6-15/h2-6,13-14H,7-12,17H2,1H3. The minimum absolute atomic E-state index is 0.184. The average molecular weight is 276 g/mol. The summed E-state index contributed by atoms with van der Waals surface area (Å²) in [6.45, 7) is 4.15. The summed E-state index contributed by atoms with van der Waals surface area (Å²) in [6.07, 6.45) is 2.48. The Labute approximate surface area is 120 Å². The van der Waals surface area contributed by atoms with Crippen molar-refractivity contribution in [3.63, 3.8) is 0 Å². The number of carbonyl (C=O) groups excluding carboxylic acids is 1. The van der Waals surface area contributed by atoms with E-state index in [0.29, 0.717) is 18.9 Å². The summed E-state index contributed by atoms with van der Waals surface area (Å²) in [5.74, 6) is 1.56. The van der Waals surface area contributed by atoms with Crippen LogP contribution in [0.4, 0.5) is 0 Å². The Morgan fingerprint density at radius 1 is 1.35 bits per heavy atom. The molecule has 0 saturated carbocycles. The second-order valence-electron chi connectivity index (χ2n) is 5.49. The van der Waals surface area contributed by atoms with Gasteiger partial charge >= 0.3 is 0 Å². The lowest BCUT2D eigenvalue weighted by Crippen LogP contribution is -2.42. The molecule has 1 fully saturated rings. The molecular weight excluding hydrogens is 252 g/mol. The lowest BCUT2D eigenvalue weighted by Gasteiger charge is -2.33. The third-order valence-corrected chi connectivity index (χ3v) is 3.96. The molecule has 0 bridgehead atoms. The highest BCUT2D eigenvalue weighted by Gasteiger charge is 2.24. The summed E-state index contributed by atoms with van der Waals surface area (Å²) in [6, 6.07) is 9.83. The number of nitrogens with zero attached hydrogens (tertiary/aromatic N) is 1. The van der Waals surface area contributed by atoms with Crippen LogP contribution in [0.2, 0.25) is 0 Å². The highest BCUT2D eigenvalue weighted by Crippen LogP contribution is 2.20. The molecule has 1 saturated heterocycles. The Bertz CT molecular complexity index is 412. The van der Waals surface area contributed by atoms with Crippen LogP contribution < -0.4 is 10.5 Å². The minimum atomic E-state index is 0.184. The van der Waals surface area contributed by atoms with E-state index in [4.69, 9.17) is 10.5 Å². The SMILES string of the molecule is CC(N)C1CCN(C(=O)CCOc2ccccc2)CC1. The van der Waals surface area contributed by atoms with Gasteiger partial charge in [0.05, 0.1) is 13.0 Å². The summed E-state index contributed by atoms with van der Waals surface area (Å²) >= 11 is 0. The Hall–Kier alpha value is -1.55. The predicted octanol–water partition coefficient (Wildman–Crippen LogP) is 2.04. The molecule has 4 nitrogen and oxygen atoms in total. The lowest BCUT2D eigenvalue weighted by atomic mass is 9.91. The van der Waals surface area contributed by atoms with Crippen molar-refractivity contribution in [2.75, 3.05) is 19.7 Å². The van der Waals surface area contributed by atoms with E-state index in [1.165, 1.54) is 0 Å². The number of piperidine rings is 1. The van der Waals surface area contributed by atoms with Crippen molar-refractivity contribution in [2.45, 2.75) is 32.2 Å². The number of rotatable bonds is 5. The van der Waals surface area contributed by atoms with Gasteiger partial charge < -0.3 is 15.4 Å². The van der Waals surface area contributed by atoms with Gasteiger partial charge in [-0.05, 0) is 37.8 Å². The first-order valence-corrected chi connectivity index (χ1v) is 7.38. The van der Waals surface area contributed by atoms with Gasteiger partial charge in [-0.1, -0.05) is 18.2 Å². The Morgan fingerprint density at radius 2 is 2.00 bits per heavy atom. The fraction of sp³-hybridized carbons (Fsp3) is 0.562. The number of benzene rings is 1. The van der Waals surface area contributed by atoms with E-state index in [2.05, 4.69) is 6.92 Å². The fourth-order valence-corrected chi connectivity index (χ4v) is 2.61. The van der Waals surface area contributed by atoms with Crippen molar-refractivity contribution in [3.05, 3.63) is 30.3 Å². The molecule has 0 radical (unpaired) electrons. The van der Waals surface area contributed by atoms with Crippen LogP contribution in [0.25, 0.3) is 0 Å². The molecule has 0 aliphatic carbocycles. The first-order chi connectivity index (χ1) is 9.66. The molecule has 1 amide bonds. The molecule has 2 N–H and O–H groups in total. The summed E-state index contributed by atoms with van der Waals surface area (Å²) in [5.41, 5.74) is 5.91. The zero-order valence-electron chi connectivity index (χ0n) is 12.1. The largest absolute Gasteiger partial charge is 0.493 e. The van der Waals surface area contributed by atoms with Crippen molar-refractivity contribution >= 4 is 5.91 Å². The highest BCUT2D eigenvalue weighted by molar-refractivity contribution is 5.76. The van der Waals surface area contributed by atoms with Gasteiger partial charge in [-0.15, -0.1) is 0 Å². The van der Waals surface area contributed by atoms with Crippen LogP contribution in [-0.2, 0) is 4.79 Å². The number of carbonyl (C=O) groups is 1. The van der Waals surface area contributed by atoms with E-state index < -0.39 is 0 Å². The number of hydrogen-bond donors (Lipinski definition) is 1. The molecule has 1 aromatic carbocycles. The maximum Gasteiger partial charge on any atom is 0.225 e. The lowest BCUT2D eigenvalue weighted by molar-refractivity contribution is -0.133. The molecule has 1 unspecified atom stereocenters. The number of amides is 1. The molecule has 0 spiro atoms. The number of nitrogens with two attached hydrogens (primary N) is 1. The molecule has 2 rings (SSSR count). The van der Waals surface area contributed by atoms with E-state index in [1.807, 2.05) is 35.2 Å². The second-order valence-corrected chi connectivity index (χ2v) is 5.49. The van der Waals surface area contributed by atoms with Crippen molar-refractivity contribution < 1.29 is 9.53 Å². The van der Waals surface area contributed by atoms with E-state index in [9.17, 15) is 4.79 Å². The minimum Gasteiger partial charge on any atom is -0.493 e. The molecule has 1 aliphatic heterocycles. The zero-order chi connectivity index (χ0) is 14.4. The molecule has 20 heavy (non-hydrogen) atoms. The van der Waals surface area contributed by atoms with Gasteiger partial charge in [0.25, 0.3) is 0 Å². The first kappa shape index (κ1) is 14.9. The number of hydrogen-bond acceptors (Lipinski definition) is 3. The predicted molar refractivity (Wildman–Crippen MR) is 79.5 cm³/mol. The van der Waals surface area contributed by atoms with Crippen LogP contribution in [0.15, 0.2) is 30.3 Å². The molecule has 0 aromatic heterocycles. The van der Waals surface area contributed by atoms with Crippen molar-refractivity contribution in [2.24, 2.45) is 11.7 Å². The third-order valence-electron chi connectivity index (χ3n) is 3.96. The summed E-state index contributed by atoms with van der Waals surface area (Å²) in [5, 5.41) is 0. The van der Waals surface area contributed by atoms with Crippen LogP contribution in [0.1, 0.15) is 26.2 Å². The van der Waals surface area contributed by atoms with Crippen molar-refractivity contribution in [3.8, 4) is 5.75 Å². The Morgan fingerprint density at radius 3 is 2.60 bits per heavy atom. The van der Waals surface area contributed by atoms with Gasteiger partial charge in [0.2, 0.25) is 5.91 Å². The van der Waals surface area contributed by atoms with E-state index in [-0.39, 0.29) is 11.9 Å². The van der Waals surface area contributed by atoms with Crippen molar-refractivity contribution in [1.82, 2.24) is 4.90 Å². The van der Waals surface area contributed by atoms with Crippen LogP contribution in [0, 0.1) is 5.92 Å². The van der Waals surface area contributed by atoms with Gasteiger partial charge in [-0.2, -0.15) is 0 Å². The number of ether oxygens (including phenoxy) is 1. The summed E-state index contributed by atoms with van der Waals surface area (Å²) in [7, 11) is 0. The van der Waals surface area contributed by atoms with Crippen LogP contribution in [0.5, 0.6) is 5.75 Å². The average Bonchev–Trinajstić information content (AvgIpc) is 2.48. The van der Waals surface area contributed by atoms with Gasteiger partial charge in [-0.25, -0.2) is 0 Å². The van der Waals surface area contributed by atoms with E-state index >= 15 is 0 Å². The molecule has 4 heteroatoms. The van der Waals surface area contributed by atoms with Gasteiger partial charge in [0.1, 0.15) is 5.75 Å². The molecular formula is C16H24N2O2. The smallest absolute Gasteiger partial charge is 0.225 e. The van der Waals surface area contributed by atoms with Crippen LogP contribution in [-0.4, -0.2) is 36.5 Å². The monoisotopic (exact) mass is 276 g/mol. The topological polar surface area (TPSA) is 55.6 Å². The van der Waals surface area contributed by atoms with Crippen LogP contribution in [0.3, 0.4) is 0 Å². The Balaban J connectivity index is 1.68. The number of likely N-dealkylation sites (tertiary alicyclic amines) is 1. The Kier molecular flexibility index (Phi) is 5.41. The summed E-state index contributed by atoms with van der Waals surface area (Å²) < 4.78 is 5.56.